The van der Waals surface area contributed by atoms with Gasteiger partial charge < -0.3 is 16.0 Å². The van der Waals surface area contributed by atoms with Crippen LogP contribution in [0.3, 0.4) is 0 Å². The van der Waals surface area contributed by atoms with E-state index < -0.39 is 0 Å². The molecule has 1 amide bonds. The maximum atomic E-state index is 13.0. The van der Waals surface area contributed by atoms with Crippen molar-refractivity contribution in [3.63, 3.8) is 0 Å². The van der Waals surface area contributed by atoms with Crippen molar-refractivity contribution in [2.75, 3.05) is 13.2 Å². The van der Waals surface area contributed by atoms with Crippen molar-refractivity contribution >= 4 is 5.91 Å². The fourth-order valence-electron chi connectivity index (χ4n) is 5.40. The van der Waals surface area contributed by atoms with Crippen molar-refractivity contribution in [2.45, 2.75) is 76.5 Å². The molecule has 7 atom stereocenters. The molecule has 7 unspecified atom stereocenters. The Balaban J connectivity index is 1.39. The number of hydrogen-bond acceptors (Lipinski definition) is 4. The minimum absolute atomic E-state index is 0.0267. The molecule has 5 heteroatoms. The fraction of sp³-hybridized carbons (Fsp3) is 0.947. The second kappa shape index (κ2) is 6.93. The lowest BCUT2D eigenvalue weighted by atomic mass is 9.78. The van der Waals surface area contributed by atoms with Gasteiger partial charge in [0.05, 0.1) is 6.04 Å². The summed E-state index contributed by atoms with van der Waals surface area (Å²) in [5, 5.41) is 14.1. The molecular weight excluding hydrogens is 300 g/mol. The molecule has 0 radical (unpaired) electrons. The predicted molar refractivity (Wildman–Crippen MR) is 95.4 cm³/mol. The molecule has 2 aliphatic carbocycles. The van der Waals surface area contributed by atoms with Gasteiger partial charge in [-0.1, -0.05) is 20.3 Å². The number of rotatable bonds is 4. The van der Waals surface area contributed by atoms with Gasteiger partial charge in [-0.3, -0.25) is 10.1 Å². The number of amides is 1. The van der Waals surface area contributed by atoms with Crippen molar-refractivity contribution < 1.29 is 4.79 Å². The van der Waals surface area contributed by atoms with Gasteiger partial charge in [-0.15, -0.1) is 0 Å². The minimum atomic E-state index is 0.0267. The number of hydrogen-bond donors (Lipinski definition) is 4. The van der Waals surface area contributed by atoms with Gasteiger partial charge in [-0.25, -0.2) is 0 Å². The largest absolute Gasteiger partial charge is 0.350 e. The molecule has 2 heterocycles. The van der Waals surface area contributed by atoms with Crippen LogP contribution < -0.4 is 21.3 Å². The molecule has 4 aliphatic rings. The highest BCUT2D eigenvalue weighted by molar-refractivity contribution is 5.82. The van der Waals surface area contributed by atoms with E-state index in [4.69, 9.17) is 0 Å². The van der Waals surface area contributed by atoms with Crippen LogP contribution in [0.4, 0.5) is 0 Å². The van der Waals surface area contributed by atoms with Crippen molar-refractivity contribution in [3.05, 3.63) is 0 Å². The fourth-order valence-corrected chi connectivity index (χ4v) is 5.40. The highest BCUT2D eigenvalue weighted by Gasteiger charge is 2.44. The van der Waals surface area contributed by atoms with Gasteiger partial charge >= 0.3 is 0 Å². The first-order chi connectivity index (χ1) is 11.6. The summed E-state index contributed by atoms with van der Waals surface area (Å²) >= 11 is 0. The second-order valence-electron chi connectivity index (χ2n) is 8.86. The number of carbonyl (C=O) groups is 1. The zero-order valence-electron chi connectivity index (χ0n) is 15.2. The summed E-state index contributed by atoms with van der Waals surface area (Å²) in [6, 6.07) is 1.30. The number of carbonyl (C=O) groups excluding carboxylic acids is 1. The lowest BCUT2D eigenvalue weighted by molar-refractivity contribution is -0.124. The lowest BCUT2D eigenvalue weighted by Gasteiger charge is -2.37. The van der Waals surface area contributed by atoms with Crippen LogP contribution in [-0.4, -0.2) is 43.3 Å². The number of fused-ring (bicyclic) bond motifs is 1. The van der Waals surface area contributed by atoms with Gasteiger partial charge in [0.15, 0.2) is 0 Å². The van der Waals surface area contributed by atoms with Gasteiger partial charge in [0.2, 0.25) is 5.91 Å². The summed E-state index contributed by atoms with van der Waals surface area (Å²) in [6.45, 7) is 6.53. The third-order valence-electron chi connectivity index (χ3n) is 6.97. The van der Waals surface area contributed by atoms with E-state index in [-0.39, 0.29) is 11.9 Å². The van der Waals surface area contributed by atoms with E-state index >= 15 is 0 Å². The SMILES string of the molecule is CC1CCCC2CC(C(=O)NC(C3CC3)C3NCNCC3C)NC12. The molecule has 4 fully saturated rings. The summed E-state index contributed by atoms with van der Waals surface area (Å²) in [4.78, 5) is 13.0. The van der Waals surface area contributed by atoms with Gasteiger partial charge in [-0.2, -0.15) is 0 Å². The quantitative estimate of drug-likeness (QED) is 0.624. The zero-order valence-corrected chi connectivity index (χ0v) is 15.2. The molecule has 2 saturated heterocycles. The molecule has 0 aromatic heterocycles. The predicted octanol–water partition coefficient (Wildman–Crippen LogP) is 1.20. The van der Waals surface area contributed by atoms with Crippen molar-refractivity contribution in [3.8, 4) is 0 Å². The Labute approximate surface area is 146 Å². The highest BCUT2D eigenvalue weighted by Crippen LogP contribution is 2.38. The molecule has 0 aromatic rings. The smallest absolute Gasteiger partial charge is 0.237 e. The van der Waals surface area contributed by atoms with E-state index in [1.165, 1.54) is 32.1 Å². The molecule has 136 valence electrons. The molecule has 0 spiro atoms. The monoisotopic (exact) mass is 334 g/mol. The van der Waals surface area contributed by atoms with E-state index in [0.29, 0.717) is 41.8 Å². The van der Waals surface area contributed by atoms with Crippen LogP contribution >= 0.6 is 0 Å². The Morgan fingerprint density at radius 2 is 1.96 bits per heavy atom. The van der Waals surface area contributed by atoms with Crippen molar-refractivity contribution in [1.82, 2.24) is 21.3 Å². The Kier molecular flexibility index (Phi) is 4.85. The average Bonchev–Trinajstić information content (AvgIpc) is 3.31. The summed E-state index contributed by atoms with van der Waals surface area (Å²) in [7, 11) is 0. The van der Waals surface area contributed by atoms with E-state index in [9.17, 15) is 4.79 Å². The molecule has 4 rings (SSSR count). The van der Waals surface area contributed by atoms with Crippen molar-refractivity contribution in [2.24, 2.45) is 23.7 Å². The summed E-state index contributed by atoms with van der Waals surface area (Å²) in [5.74, 6) is 2.91. The topological polar surface area (TPSA) is 65.2 Å². The summed E-state index contributed by atoms with van der Waals surface area (Å²) < 4.78 is 0. The second-order valence-corrected chi connectivity index (χ2v) is 8.86. The molecular formula is C19H34N4O. The molecule has 2 aliphatic heterocycles. The normalized spacial score (nSPS) is 43.9. The van der Waals surface area contributed by atoms with Crippen LogP contribution in [0.1, 0.15) is 52.4 Å². The van der Waals surface area contributed by atoms with Crippen LogP contribution in [0.2, 0.25) is 0 Å². The minimum Gasteiger partial charge on any atom is -0.350 e. The molecule has 5 nitrogen and oxygen atoms in total. The average molecular weight is 335 g/mol. The molecule has 2 saturated carbocycles. The van der Waals surface area contributed by atoms with Gasteiger partial charge in [0.25, 0.3) is 0 Å². The van der Waals surface area contributed by atoms with Gasteiger partial charge in [0, 0.05) is 31.3 Å². The summed E-state index contributed by atoms with van der Waals surface area (Å²) in [5.41, 5.74) is 0. The first kappa shape index (κ1) is 16.8. The molecule has 4 N–H and O–H groups in total. The van der Waals surface area contributed by atoms with Crippen LogP contribution in [0.5, 0.6) is 0 Å². The van der Waals surface area contributed by atoms with Crippen LogP contribution in [0.15, 0.2) is 0 Å². The van der Waals surface area contributed by atoms with Crippen LogP contribution in [-0.2, 0) is 4.79 Å². The third kappa shape index (κ3) is 3.35. The van der Waals surface area contributed by atoms with Crippen LogP contribution in [0.25, 0.3) is 0 Å². The zero-order chi connectivity index (χ0) is 16.7. The highest BCUT2D eigenvalue weighted by atomic mass is 16.2. The first-order valence-corrected chi connectivity index (χ1v) is 10.1. The maximum Gasteiger partial charge on any atom is 0.237 e. The Bertz CT molecular complexity index is 466. The van der Waals surface area contributed by atoms with Gasteiger partial charge in [-0.05, 0) is 55.8 Å². The van der Waals surface area contributed by atoms with E-state index in [0.717, 1.165) is 19.6 Å². The molecule has 0 bridgehead atoms. The summed E-state index contributed by atoms with van der Waals surface area (Å²) in [6.07, 6.45) is 7.51. The Morgan fingerprint density at radius 3 is 2.67 bits per heavy atom. The molecule has 0 aromatic carbocycles. The van der Waals surface area contributed by atoms with Crippen LogP contribution in [0, 0.1) is 23.7 Å². The first-order valence-electron chi connectivity index (χ1n) is 10.1. The third-order valence-corrected chi connectivity index (χ3v) is 6.97. The Morgan fingerprint density at radius 1 is 1.12 bits per heavy atom. The standard InChI is InChI=1S/C19H34N4O/c1-11-4-3-5-14-8-15(22-16(11)14)19(24)23-18(13-6-7-13)17-12(2)9-20-10-21-17/h11-18,20-22H,3-10H2,1-2H3,(H,23,24). The number of nitrogens with one attached hydrogen (secondary N) is 4. The van der Waals surface area contributed by atoms with Gasteiger partial charge in [0.1, 0.15) is 0 Å². The van der Waals surface area contributed by atoms with E-state index in [1.54, 1.807) is 0 Å². The molecule has 24 heavy (non-hydrogen) atoms. The lowest BCUT2D eigenvalue weighted by Crippen LogP contribution is -2.62. The Hall–Kier alpha value is -0.650. The van der Waals surface area contributed by atoms with E-state index in [1.807, 2.05) is 0 Å². The maximum absolute atomic E-state index is 13.0. The van der Waals surface area contributed by atoms with E-state index in [2.05, 4.69) is 35.1 Å². The van der Waals surface area contributed by atoms with Crippen molar-refractivity contribution in [1.29, 1.82) is 0 Å².